The first kappa shape index (κ1) is 32.5. The van der Waals surface area contributed by atoms with Gasteiger partial charge in [-0.25, -0.2) is 14.4 Å². The van der Waals surface area contributed by atoms with E-state index in [1.54, 1.807) is 12.1 Å². The Morgan fingerprint density at radius 3 is 2.05 bits per heavy atom. The molecule has 0 atom stereocenters. The summed E-state index contributed by atoms with van der Waals surface area (Å²) < 4.78 is 78.1. The lowest BCUT2D eigenvalue weighted by Gasteiger charge is -2.23. The number of unbranched alkanes of at least 4 members (excludes halogenated alkanes) is 4. The molecule has 0 fully saturated rings. The molecule has 3 aromatic rings. The zero-order valence-electron chi connectivity index (χ0n) is 24.0. The van der Waals surface area contributed by atoms with Crippen molar-refractivity contribution < 1.29 is 31.4 Å². The Hall–Kier alpha value is -3.01. The number of nitrogens with zero attached hydrogens (tertiary/aromatic N) is 2. The van der Waals surface area contributed by atoms with Crippen LogP contribution in [0.2, 0.25) is 25.2 Å². The molecule has 0 unspecified atom stereocenters. The maximum atomic E-state index is 14.8. The largest absolute Gasteiger partial charge is 0.494 e. The standard InChI is InChI=1S/C31H39F5N2O2Si/c1-4-5-6-7-18-40-27-15-14-26(28(32)29(27)33)24-21-37-30(38-22-24)23-10-12-25(13-11-23)39-17-8-9-19-41(2,3)20-16-31(34,35)36/h10-15,21-22H,4-9,16-20H2,1-3H3. The van der Waals surface area contributed by atoms with Gasteiger partial charge in [-0.05, 0) is 55.3 Å². The van der Waals surface area contributed by atoms with E-state index < -0.39 is 32.3 Å². The second-order valence-electron chi connectivity index (χ2n) is 11.1. The molecule has 0 aliphatic heterocycles. The van der Waals surface area contributed by atoms with Crippen LogP contribution in [0.25, 0.3) is 22.5 Å². The predicted molar refractivity (Wildman–Crippen MR) is 155 cm³/mol. The van der Waals surface area contributed by atoms with Gasteiger partial charge in [0, 0.05) is 43.6 Å². The summed E-state index contributed by atoms with van der Waals surface area (Å²) in [5.74, 6) is -1.02. The van der Waals surface area contributed by atoms with Gasteiger partial charge >= 0.3 is 6.18 Å². The first-order chi connectivity index (χ1) is 19.5. The third-order valence-electron chi connectivity index (χ3n) is 6.98. The summed E-state index contributed by atoms with van der Waals surface area (Å²) in [6, 6.07) is 11.2. The fourth-order valence-electron chi connectivity index (χ4n) is 4.39. The normalized spacial score (nSPS) is 12.0. The van der Waals surface area contributed by atoms with Crippen LogP contribution in [-0.4, -0.2) is 37.4 Å². The third-order valence-corrected chi connectivity index (χ3v) is 10.3. The van der Waals surface area contributed by atoms with E-state index >= 15 is 0 Å². The summed E-state index contributed by atoms with van der Waals surface area (Å²) in [7, 11) is -1.87. The van der Waals surface area contributed by atoms with Crippen LogP contribution in [0.4, 0.5) is 22.0 Å². The minimum absolute atomic E-state index is 0.0579. The molecule has 0 radical (unpaired) electrons. The molecule has 0 amide bonds. The number of rotatable bonds is 16. The van der Waals surface area contributed by atoms with Gasteiger partial charge < -0.3 is 9.47 Å². The molecule has 224 valence electrons. The van der Waals surface area contributed by atoms with E-state index in [1.165, 1.54) is 24.5 Å². The molecule has 0 N–H and O–H groups in total. The highest BCUT2D eigenvalue weighted by Gasteiger charge is 2.31. The number of ether oxygens (including phenoxy) is 2. The topological polar surface area (TPSA) is 44.2 Å². The van der Waals surface area contributed by atoms with Gasteiger partial charge in [-0.3, -0.25) is 0 Å². The van der Waals surface area contributed by atoms with E-state index in [1.807, 2.05) is 25.2 Å². The highest BCUT2D eigenvalue weighted by Crippen LogP contribution is 2.31. The summed E-state index contributed by atoms with van der Waals surface area (Å²) in [5, 5.41) is 0. The molecular weight excluding hydrogens is 555 g/mol. The number of alkyl halides is 3. The number of aromatic nitrogens is 2. The lowest BCUT2D eigenvalue weighted by Crippen LogP contribution is -2.27. The Bertz CT molecular complexity index is 1220. The lowest BCUT2D eigenvalue weighted by molar-refractivity contribution is -0.130. The molecule has 0 saturated carbocycles. The van der Waals surface area contributed by atoms with Crippen LogP contribution in [0.15, 0.2) is 48.8 Å². The SMILES string of the molecule is CCCCCCOc1ccc(-c2cnc(-c3ccc(OCCCC[Si](C)(C)CCC(F)(F)F)cc3)nc2)c(F)c1F. The highest BCUT2D eigenvalue weighted by molar-refractivity contribution is 6.77. The van der Waals surface area contributed by atoms with Gasteiger partial charge in [-0.2, -0.15) is 17.6 Å². The van der Waals surface area contributed by atoms with Crippen molar-refractivity contribution in [3.8, 4) is 34.0 Å². The van der Waals surface area contributed by atoms with Crippen molar-refractivity contribution in [2.24, 2.45) is 0 Å². The van der Waals surface area contributed by atoms with Crippen LogP contribution >= 0.6 is 0 Å². The van der Waals surface area contributed by atoms with Crippen LogP contribution in [0.3, 0.4) is 0 Å². The maximum Gasteiger partial charge on any atom is 0.388 e. The van der Waals surface area contributed by atoms with Gasteiger partial charge in [0.2, 0.25) is 5.82 Å². The molecule has 0 saturated heterocycles. The minimum Gasteiger partial charge on any atom is -0.494 e. The quantitative estimate of drug-likeness (QED) is 0.0941. The summed E-state index contributed by atoms with van der Waals surface area (Å²) >= 11 is 0. The zero-order chi connectivity index (χ0) is 29.9. The number of hydrogen-bond acceptors (Lipinski definition) is 4. The average molecular weight is 595 g/mol. The van der Waals surface area contributed by atoms with Crippen molar-refractivity contribution in [2.45, 2.75) is 83.2 Å². The van der Waals surface area contributed by atoms with Gasteiger partial charge in [0.05, 0.1) is 13.2 Å². The summed E-state index contributed by atoms with van der Waals surface area (Å²) in [6.45, 7) is 6.93. The summed E-state index contributed by atoms with van der Waals surface area (Å²) in [4.78, 5) is 8.65. The molecule has 1 heterocycles. The Kier molecular flexibility index (Phi) is 12.1. The van der Waals surface area contributed by atoms with E-state index in [0.717, 1.165) is 50.1 Å². The molecule has 2 aromatic carbocycles. The third kappa shape index (κ3) is 10.7. The molecule has 4 nitrogen and oxygen atoms in total. The van der Waals surface area contributed by atoms with Gasteiger partial charge in [0.1, 0.15) is 5.75 Å². The first-order valence-corrected chi connectivity index (χ1v) is 17.6. The Balaban J connectivity index is 1.49. The van der Waals surface area contributed by atoms with Gasteiger partial charge in [-0.15, -0.1) is 0 Å². The van der Waals surface area contributed by atoms with Crippen molar-refractivity contribution in [3.63, 3.8) is 0 Å². The molecule has 3 rings (SSSR count). The fourth-order valence-corrected chi connectivity index (χ4v) is 6.81. The van der Waals surface area contributed by atoms with E-state index in [2.05, 4.69) is 16.9 Å². The van der Waals surface area contributed by atoms with E-state index in [9.17, 15) is 22.0 Å². The van der Waals surface area contributed by atoms with Crippen molar-refractivity contribution in [1.82, 2.24) is 9.97 Å². The minimum atomic E-state index is -4.08. The van der Waals surface area contributed by atoms with Gasteiger partial charge in [0.25, 0.3) is 0 Å². The van der Waals surface area contributed by atoms with Crippen LogP contribution in [0.1, 0.15) is 51.9 Å². The molecular formula is C31H39F5N2O2Si. The second kappa shape index (κ2) is 15.3. The van der Waals surface area contributed by atoms with Gasteiger partial charge in [-0.1, -0.05) is 51.7 Å². The Morgan fingerprint density at radius 2 is 1.39 bits per heavy atom. The predicted octanol–water partition coefficient (Wildman–Crippen LogP) is 9.87. The smallest absolute Gasteiger partial charge is 0.388 e. The number of halogens is 5. The molecule has 10 heteroatoms. The monoisotopic (exact) mass is 594 g/mol. The first-order valence-electron chi connectivity index (χ1n) is 14.2. The average Bonchev–Trinajstić information content (AvgIpc) is 2.94. The molecule has 0 aliphatic rings. The zero-order valence-corrected chi connectivity index (χ0v) is 25.0. The van der Waals surface area contributed by atoms with Crippen molar-refractivity contribution in [1.29, 1.82) is 0 Å². The van der Waals surface area contributed by atoms with Crippen LogP contribution in [0.5, 0.6) is 11.5 Å². The van der Waals surface area contributed by atoms with Crippen molar-refractivity contribution in [3.05, 3.63) is 60.4 Å². The summed E-state index contributed by atoms with van der Waals surface area (Å²) in [5.41, 5.74) is 1.14. The molecule has 0 spiro atoms. The van der Waals surface area contributed by atoms with Crippen LogP contribution in [0, 0.1) is 11.6 Å². The fraction of sp³-hybridized carbons (Fsp3) is 0.484. The molecule has 1 aromatic heterocycles. The second-order valence-corrected chi connectivity index (χ2v) is 16.4. The highest BCUT2D eigenvalue weighted by atomic mass is 28.3. The summed E-state index contributed by atoms with van der Waals surface area (Å²) in [6.07, 6.45) is 3.68. The van der Waals surface area contributed by atoms with Crippen molar-refractivity contribution >= 4 is 8.07 Å². The molecule has 0 aliphatic carbocycles. The van der Waals surface area contributed by atoms with Crippen molar-refractivity contribution in [2.75, 3.05) is 13.2 Å². The molecule has 0 bridgehead atoms. The number of hydrogen-bond donors (Lipinski definition) is 0. The molecule has 41 heavy (non-hydrogen) atoms. The Labute approximate surface area is 240 Å². The van der Waals surface area contributed by atoms with E-state index in [-0.39, 0.29) is 17.4 Å². The number of benzene rings is 2. The van der Waals surface area contributed by atoms with E-state index in [0.29, 0.717) is 30.4 Å². The Morgan fingerprint density at radius 1 is 0.732 bits per heavy atom. The van der Waals surface area contributed by atoms with Crippen LogP contribution in [-0.2, 0) is 0 Å². The lowest BCUT2D eigenvalue weighted by atomic mass is 10.1. The maximum absolute atomic E-state index is 14.8. The van der Waals surface area contributed by atoms with E-state index in [4.69, 9.17) is 9.47 Å². The van der Waals surface area contributed by atoms with Gasteiger partial charge in [0.15, 0.2) is 17.4 Å². The van der Waals surface area contributed by atoms with Crippen LogP contribution < -0.4 is 9.47 Å².